The number of nitrogens with one attached hydrogen (secondary N) is 1. The molecule has 0 fully saturated rings. The largest absolute Gasteiger partial charge is 0.385 e. The van der Waals surface area contributed by atoms with E-state index in [-0.39, 0.29) is 10.8 Å². The van der Waals surface area contributed by atoms with Gasteiger partial charge in [0.05, 0.1) is 17.1 Å². The highest BCUT2D eigenvalue weighted by Gasteiger charge is 2.09. The number of hydrogen-bond donors (Lipinski definition) is 1. The van der Waals surface area contributed by atoms with Crippen LogP contribution in [0, 0.1) is 10.1 Å². The summed E-state index contributed by atoms with van der Waals surface area (Å²) in [6.45, 7) is 1.24. The highest BCUT2D eigenvalue weighted by Crippen LogP contribution is 2.20. The molecule has 1 aromatic heterocycles. The Kier molecular flexibility index (Phi) is 4.94. The molecule has 0 unspecified atom stereocenters. The van der Waals surface area contributed by atoms with Crippen molar-refractivity contribution in [2.45, 2.75) is 6.42 Å². The Hall–Kier alpha value is -1.40. The molecule has 1 rings (SSSR count). The summed E-state index contributed by atoms with van der Waals surface area (Å²) < 4.78 is 4.87. The number of halogens is 1. The first kappa shape index (κ1) is 12.7. The Balaban J connectivity index is 2.62. The quantitative estimate of drug-likeness (QED) is 0.359. The van der Waals surface area contributed by atoms with Crippen LogP contribution in [0.15, 0.2) is 12.1 Å². The summed E-state index contributed by atoms with van der Waals surface area (Å²) >= 11 is 5.65. The van der Waals surface area contributed by atoms with Gasteiger partial charge in [-0.1, -0.05) is 11.6 Å². The van der Waals surface area contributed by atoms with E-state index in [1.165, 1.54) is 12.1 Å². The van der Waals surface area contributed by atoms with E-state index in [1.807, 2.05) is 0 Å². The predicted octanol–water partition coefficient (Wildman–Crippen LogP) is 2.09. The molecule has 0 radical (unpaired) electrons. The molecule has 7 heteroatoms. The number of nitro groups is 1. The zero-order valence-corrected chi connectivity index (χ0v) is 9.53. The van der Waals surface area contributed by atoms with Crippen molar-refractivity contribution in [1.82, 2.24) is 4.98 Å². The van der Waals surface area contributed by atoms with Crippen molar-refractivity contribution in [2.75, 3.05) is 25.6 Å². The SMILES string of the molecule is COCCCNc1cc([N+](=O)[O-])cc(Cl)n1. The second-order valence-corrected chi connectivity index (χ2v) is 3.45. The summed E-state index contributed by atoms with van der Waals surface area (Å²) in [4.78, 5) is 14.0. The summed E-state index contributed by atoms with van der Waals surface area (Å²) in [7, 11) is 1.61. The van der Waals surface area contributed by atoms with Gasteiger partial charge in [-0.2, -0.15) is 0 Å². The molecular formula is C9H12ClN3O3. The Morgan fingerprint density at radius 3 is 3.00 bits per heavy atom. The maximum atomic E-state index is 10.6. The van der Waals surface area contributed by atoms with Crippen LogP contribution in [0.5, 0.6) is 0 Å². The molecule has 0 atom stereocenters. The minimum atomic E-state index is -0.506. The van der Waals surface area contributed by atoms with Crippen LogP contribution in [0.2, 0.25) is 5.15 Å². The zero-order chi connectivity index (χ0) is 12.0. The Morgan fingerprint density at radius 2 is 2.38 bits per heavy atom. The van der Waals surface area contributed by atoms with Gasteiger partial charge in [0, 0.05) is 20.3 Å². The fourth-order valence-electron chi connectivity index (χ4n) is 1.11. The molecule has 0 aliphatic rings. The second-order valence-electron chi connectivity index (χ2n) is 3.06. The Bertz CT molecular complexity index is 373. The first-order chi connectivity index (χ1) is 7.63. The van der Waals surface area contributed by atoms with Gasteiger partial charge in [-0.25, -0.2) is 4.98 Å². The summed E-state index contributed by atoms with van der Waals surface area (Å²) in [5, 5.41) is 13.6. The highest BCUT2D eigenvalue weighted by atomic mass is 35.5. The van der Waals surface area contributed by atoms with Gasteiger partial charge in [0.1, 0.15) is 11.0 Å². The van der Waals surface area contributed by atoms with Gasteiger partial charge in [-0.3, -0.25) is 10.1 Å². The second kappa shape index (κ2) is 6.24. The fourth-order valence-corrected chi connectivity index (χ4v) is 1.32. The van der Waals surface area contributed by atoms with Crippen LogP contribution < -0.4 is 5.32 Å². The first-order valence-electron chi connectivity index (χ1n) is 4.68. The maximum absolute atomic E-state index is 10.6. The molecule has 0 aliphatic carbocycles. The van der Waals surface area contributed by atoms with Crippen LogP contribution in [0.4, 0.5) is 11.5 Å². The number of methoxy groups -OCH3 is 1. The van der Waals surface area contributed by atoms with Gasteiger partial charge in [0.15, 0.2) is 0 Å². The standard InChI is InChI=1S/C9H12ClN3O3/c1-16-4-2-3-11-9-6-7(13(14)15)5-8(10)12-9/h5-6H,2-4H2,1H3,(H,11,12). The third kappa shape index (κ3) is 4.00. The summed E-state index contributed by atoms with van der Waals surface area (Å²) in [6.07, 6.45) is 0.790. The lowest BCUT2D eigenvalue weighted by molar-refractivity contribution is -0.384. The third-order valence-corrected chi connectivity index (χ3v) is 2.01. The number of ether oxygens (including phenoxy) is 1. The van der Waals surface area contributed by atoms with E-state index in [9.17, 15) is 10.1 Å². The monoisotopic (exact) mass is 245 g/mol. The van der Waals surface area contributed by atoms with Crippen molar-refractivity contribution in [3.8, 4) is 0 Å². The lowest BCUT2D eigenvalue weighted by Crippen LogP contribution is -2.06. The van der Waals surface area contributed by atoms with Crippen LogP contribution in [0.1, 0.15) is 6.42 Å². The topological polar surface area (TPSA) is 77.3 Å². The fraction of sp³-hybridized carbons (Fsp3) is 0.444. The molecule has 0 aromatic carbocycles. The molecule has 1 N–H and O–H groups in total. The van der Waals surface area contributed by atoms with Crippen LogP contribution in [0.25, 0.3) is 0 Å². The van der Waals surface area contributed by atoms with Gasteiger partial charge in [0.2, 0.25) is 0 Å². The van der Waals surface area contributed by atoms with Crippen LogP contribution in [-0.2, 0) is 4.74 Å². The van der Waals surface area contributed by atoms with E-state index in [0.717, 1.165) is 6.42 Å². The molecule has 16 heavy (non-hydrogen) atoms. The van der Waals surface area contributed by atoms with Gasteiger partial charge in [0.25, 0.3) is 5.69 Å². The molecule has 0 bridgehead atoms. The van der Waals surface area contributed by atoms with Gasteiger partial charge in [-0.15, -0.1) is 0 Å². The number of pyridine rings is 1. The molecule has 0 saturated heterocycles. The minimum Gasteiger partial charge on any atom is -0.385 e. The molecular weight excluding hydrogens is 234 g/mol. The lowest BCUT2D eigenvalue weighted by atomic mass is 10.4. The van der Waals surface area contributed by atoms with Crippen molar-refractivity contribution < 1.29 is 9.66 Å². The van der Waals surface area contributed by atoms with Crippen molar-refractivity contribution in [2.24, 2.45) is 0 Å². The minimum absolute atomic E-state index is 0.0748. The van der Waals surface area contributed by atoms with Crippen molar-refractivity contribution in [3.05, 3.63) is 27.4 Å². The molecule has 0 spiro atoms. The molecule has 0 saturated carbocycles. The average Bonchev–Trinajstić information content (AvgIpc) is 2.23. The highest BCUT2D eigenvalue weighted by molar-refractivity contribution is 6.29. The number of rotatable bonds is 6. The van der Waals surface area contributed by atoms with E-state index < -0.39 is 4.92 Å². The Morgan fingerprint density at radius 1 is 1.62 bits per heavy atom. The van der Waals surface area contributed by atoms with E-state index >= 15 is 0 Å². The van der Waals surface area contributed by atoms with E-state index in [0.29, 0.717) is 19.0 Å². The van der Waals surface area contributed by atoms with E-state index in [1.54, 1.807) is 7.11 Å². The van der Waals surface area contributed by atoms with Crippen LogP contribution in [-0.4, -0.2) is 30.2 Å². The predicted molar refractivity (Wildman–Crippen MR) is 60.9 cm³/mol. The first-order valence-corrected chi connectivity index (χ1v) is 5.06. The van der Waals surface area contributed by atoms with Crippen LogP contribution in [0.3, 0.4) is 0 Å². The van der Waals surface area contributed by atoms with Gasteiger partial charge < -0.3 is 10.1 Å². The molecule has 1 aromatic rings. The lowest BCUT2D eigenvalue weighted by Gasteiger charge is -2.05. The van der Waals surface area contributed by atoms with E-state index in [4.69, 9.17) is 16.3 Å². The molecule has 0 aliphatic heterocycles. The Labute approximate surface area is 97.7 Å². The smallest absolute Gasteiger partial charge is 0.276 e. The molecule has 88 valence electrons. The number of anilines is 1. The summed E-state index contributed by atoms with van der Waals surface area (Å²) in [6, 6.07) is 2.56. The molecule has 6 nitrogen and oxygen atoms in total. The van der Waals surface area contributed by atoms with Crippen molar-refractivity contribution in [3.63, 3.8) is 0 Å². The summed E-state index contributed by atoms with van der Waals surface area (Å²) in [5.74, 6) is 0.398. The molecule has 0 amide bonds. The normalized spacial score (nSPS) is 10.1. The number of hydrogen-bond acceptors (Lipinski definition) is 5. The third-order valence-electron chi connectivity index (χ3n) is 1.82. The number of nitrogens with zero attached hydrogens (tertiary/aromatic N) is 2. The zero-order valence-electron chi connectivity index (χ0n) is 8.77. The van der Waals surface area contributed by atoms with Crippen molar-refractivity contribution in [1.29, 1.82) is 0 Å². The summed E-state index contributed by atoms with van der Waals surface area (Å²) in [5.41, 5.74) is -0.0748. The van der Waals surface area contributed by atoms with Crippen LogP contribution >= 0.6 is 11.6 Å². The number of aromatic nitrogens is 1. The van der Waals surface area contributed by atoms with Crippen molar-refractivity contribution >= 4 is 23.1 Å². The average molecular weight is 246 g/mol. The van der Waals surface area contributed by atoms with Gasteiger partial charge >= 0.3 is 0 Å². The maximum Gasteiger partial charge on any atom is 0.276 e. The van der Waals surface area contributed by atoms with Gasteiger partial charge in [-0.05, 0) is 6.42 Å². The molecule has 1 heterocycles. The van der Waals surface area contributed by atoms with E-state index in [2.05, 4.69) is 10.3 Å².